The number of nitrogens with zero attached hydrogens (tertiary/aromatic N) is 2. The maximum atomic E-state index is 14.3. The third kappa shape index (κ3) is 13.7. The predicted molar refractivity (Wildman–Crippen MR) is 375 cm³/mol. The molecule has 7 atom stereocenters. The van der Waals surface area contributed by atoms with Gasteiger partial charge in [-0.25, -0.2) is 9.59 Å². The summed E-state index contributed by atoms with van der Waals surface area (Å²) in [5.41, 5.74) is -0.922. The summed E-state index contributed by atoms with van der Waals surface area (Å²) >= 11 is 1.57. The highest BCUT2D eigenvalue weighted by atomic mass is 32.2. The molecule has 0 unspecified atom stereocenters. The van der Waals surface area contributed by atoms with E-state index in [0.717, 1.165) is 20.2 Å². The number of likely N-dealkylation sites (tertiary alicyclic amines) is 2. The van der Waals surface area contributed by atoms with Crippen molar-refractivity contribution in [1.82, 2.24) is 15.1 Å². The van der Waals surface area contributed by atoms with Gasteiger partial charge in [0.05, 0.1) is 12.2 Å². The fraction of sp³-hybridized carbons (Fsp3) is 0.487. The number of carbonyl (C=O) groups is 5. The van der Waals surface area contributed by atoms with Crippen LogP contribution in [0.25, 0.3) is 0 Å². The molecule has 1 spiro atoms. The van der Waals surface area contributed by atoms with Gasteiger partial charge in [-0.15, -0.1) is 0 Å². The third-order valence-electron chi connectivity index (χ3n) is 20.0. The molecule has 0 aromatic heterocycles. The first-order valence-corrected chi connectivity index (χ1v) is 37.6. The van der Waals surface area contributed by atoms with Gasteiger partial charge in [-0.1, -0.05) is 227 Å². The summed E-state index contributed by atoms with van der Waals surface area (Å²) in [6, 6.07) is 52.1. The number of thioether (sulfide) groups is 1. The highest BCUT2D eigenvalue weighted by Crippen LogP contribution is 2.58. The summed E-state index contributed by atoms with van der Waals surface area (Å²) in [5.74, 6) is -2.15. The molecule has 17 heteroatoms. The fourth-order valence-corrected chi connectivity index (χ4v) is 26.3. The number of hydrogen-bond donors (Lipinski definition) is 3. The molecule has 0 radical (unpaired) electrons. The van der Waals surface area contributed by atoms with Crippen LogP contribution in [0.4, 0.5) is 9.59 Å². The first kappa shape index (κ1) is 70.7. The lowest BCUT2D eigenvalue weighted by molar-refractivity contribution is -0.169. The molecule has 4 amide bonds. The molecule has 3 fully saturated rings. The minimum absolute atomic E-state index is 0.0936. The predicted octanol–water partition coefficient (Wildman–Crippen LogP) is 12.6. The van der Waals surface area contributed by atoms with Crippen LogP contribution >= 0.6 is 11.8 Å². The molecule has 5 aliphatic rings. The number of nitrogens with two attached hydrogens (primary N) is 1. The Morgan fingerprint density at radius 3 is 1.46 bits per heavy atom. The van der Waals surface area contributed by atoms with Crippen LogP contribution in [0.5, 0.6) is 0 Å². The van der Waals surface area contributed by atoms with Crippen molar-refractivity contribution >= 4 is 78.9 Å². The molecular weight excluding hydrogens is 1220 g/mol. The zero-order chi connectivity index (χ0) is 68.0. The molecule has 93 heavy (non-hydrogen) atoms. The van der Waals surface area contributed by atoms with Gasteiger partial charge in [0.2, 0.25) is 11.8 Å². The summed E-state index contributed by atoms with van der Waals surface area (Å²) in [6.07, 6.45) is 5.86. The minimum Gasteiger partial charge on any atom is -0.444 e. The SMILES string of the molecule is CC(C)(C)OC(=O)N1CCC[C@@]1(C[C@H]1C(=O)C=C[C@@H](O[Si](c2ccccc2)(c2ccccc2)C(C)(C)C)C1(C)C)C(N)=O.CC(C)(C)OC(=O)N1CCC[C@]12C[C@@H]1C(C)(C)[C@H](O[Si](c3ccccc3)(c3ccccc3)C(C)(C)C)C(Sc3ccccc3)=C[C@@]1(O)NC2=O. The van der Waals surface area contributed by atoms with Gasteiger partial charge in [-0.3, -0.25) is 24.2 Å². The number of aliphatic hydroxyl groups is 1. The quantitative estimate of drug-likeness (QED) is 0.0952. The number of allylic oxidation sites excluding steroid dienone is 1. The summed E-state index contributed by atoms with van der Waals surface area (Å²) in [5, 5.41) is 19.7. The molecule has 2 aliphatic carbocycles. The van der Waals surface area contributed by atoms with Crippen LogP contribution in [0.1, 0.15) is 149 Å². The zero-order valence-corrected chi connectivity index (χ0v) is 60.5. The minimum atomic E-state index is -3.08. The number of hydrogen-bond acceptors (Lipinski definition) is 11. The van der Waals surface area contributed by atoms with E-state index in [9.17, 15) is 29.1 Å². The average molecular weight is 1320 g/mol. The maximum Gasteiger partial charge on any atom is 0.411 e. The number of benzene rings is 5. The van der Waals surface area contributed by atoms with Crippen molar-refractivity contribution in [2.45, 2.75) is 204 Å². The Bertz CT molecular complexity index is 3490. The third-order valence-corrected chi connectivity index (χ3v) is 31.1. The molecule has 3 saturated heterocycles. The monoisotopic (exact) mass is 1320 g/mol. The van der Waals surface area contributed by atoms with E-state index in [1.54, 1.807) is 43.5 Å². The van der Waals surface area contributed by atoms with Crippen LogP contribution in [0.2, 0.25) is 10.1 Å². The normalized spacial score (nSPS) is 25.5. The Labute approximate surface area is 559 Å². The van der Waals surface area contributed by atoms with E-state index in [1.165, 1.54) is 15.3 Å². The van der Waals surface area contributed by atoms with Crippen LogP contribution in [-0.4, -0.2) is 115 Å². The highest BCUT2D eigenvalue weighted by Gasteiger charge is 2.67. The van der Waals surface area contributed by atoms with E-state index < -0.39 is 97.6 Å². The van der Waals surface area contributed by atoms with E-state index in [4.69, 9.17) is 24.1 Å². The molecule has 0 saturated carbocycles. The lowest BCUT2D eigenvalue weighted by Crippen LogP contribution is -2.75. The second kappa shape index (κ2) is 26.2. The van der Waals surface area contributed by atoms with Gasteiger partial charge in [0, 0.05) is 45.6 Å². The number of primary amides is 1. The fourth-order valence-electron chi connectivity index (χ4n) is 15.4. The van der Waals surface area contributed by atoms with Gasteiger partial charge < -0.3 is 34.5 Å². The smallest absolute Gasteiger partial charge is 0.411 e. The molecule has 5 aromatic carbocycles. The largest absolute Gasteiger partial charge is 0.444 e. The van der Waals surface area contributed by atoms with Crippen LogP contribution in [0, 0.1) is 22.7 Å². The van der Waals surface area contributed by atoms with Gasteiger partial charge in [0.15, 0.2) is 11.5 Å². The van der Waals surface area contributed by atoms with E-state index in [-0.39, 0.29) is 34.6 Å². The summed E-state index contributed by atoms with van der Waals surface area (Å²) in [6.45, 7) is 33.5. The maximum absolute atomic E-state index is 14.3. The van der Waals surface area contributed by atoms with Crippen molar-refractivity contribution < 1.29 is 47.4 Å². The Morgan fingerprint density at radius 2 is 1.02 bits per heavy atom. The Hall–Kier alpha value is -6.61. The average Bonchev–Trinajstić information content (AvgIpc) is 1.53. The van der Waals surface area contributed by atoms with Gasteiger partial charge >= 0.3 is 12.2 Å². The van der Waals surface area contributed by atoms with Crippen LogP contribution < -0.4 is 31.8 Å². The van der Waals surface area contributed by atoms with E-state index >= 15 is 0 Å². The second-order valence-electron chi connectivity index (χ2n) is 31.4. The molecule has 5 aromatic rings. The lowest BCUT2D eigenvalue weighted by atomic mass is 9.59. The topological polar surface area (TPSA) is 187 Å². The summed E-state index contributed by atoms with van der Waals surface area (Å²) in [7, 11) is -6.04. The molecule has 4 N–H and O–H groups in total. The second-order valence-corrected chi connectivity index (χ2v) is 41.1. The van der Waals surface area contributed by atoms with E-state index in [1.807, 2.05) is 114 Å². The number of nitrogens with one attached hydrogen (secondary N) is 1. The summed E-state index contributed by atoms with van der Waals surface area (Å²) in [4.78, 5) is 73.1. The Balaban J connectivity index is 0.000000222. The van der Waals surface area contributed by atoms with Gasteiger partial charge in [-0.2, -0.15) is 0 Å². The molecule has 0 bridgehead atoms. The number of ketones is 1. The standard InChI is InChI=1S/C41H52N2O5SSi.C35H48N2O5Si/c1-37(2,3)47-36(45)43-26-18-25-40(43)28-33-39(7,8)34(32(27-41(33,46)42-35(40)44)49-29-19-12-9-13-20-29)48-50(38(4,5)6,30-21-14-10-15-22-30)31-23-16-11-17-24-31;1-32(2,3)41-31(40)37-23-15-22-35(37,30(36)39)24-27-28(38)20-21-29(34(27,7)8)42-43(33(4,5)6,25-16-11-9-12-17-25)26-18-13-10-14-19-26/h9-17,19-24,27,33-34,46H,18,25-26,28H2,1-8H3,(H,42,44);9-14,16-21,27,29H,15,22-24H2,1-8H3,(H2,36,39)/t33-,34-,40-,41+;27-,29+,35+/m10/s1. The van der Waals surface area contributed by atoms with Gasteiger partial charge in [-0.05, 0) is 135 Å². The number of rotatable bonds is 13. The highest BCUT2D eigenvalue weighted by molar-refractivity contribution is 8.03. The lowest BCUT2D eigenvalue weighted by Gasteiger charge is -2.59. The molecular formula is C76H100N4O10SSi2. The number of ether oxygens (including phenoxy) is 2. The van der Waals surface area contributed by atoms with Crippen molar-refractivity contribution in [3.8, 4) is 0 Å². The van der Waals surface area contributed by atoms with Crippen molar-refractivity contribution in [2.75, 3.05) is 13.1 Å². The van der Waals surface area contributed by atoms with Crippen molar-refractivity contribution in [1.29, 1.82) is 0 Å². The Kier molecular flexibility index (Phi) is 19.9. The summed E-state index contributed by atoms with van der Waals surface area (Å²) < 4.78 is 26.9. The number of fused-ring (bicyclic) bond motifs is 1. The van der Waals surface area contributed by atoms with Crippen LogP contribution in [0.15, 0.2) is 180 Å². The van der Waals surface area contributed by atoms with Crippen molar-refractivity contribution in [2.24, 2.45) is 28.4 Å². The van der Waals surface area contributed by atoms with Gasteiger partial charge in [0.25, 0.3) is 16.6 Å². The number of piperidine rings is 1. The first-order chi connectivity index (χ1) is 43.4. The zero-order valence-electron chi connectivity index (χ0n) is 57.6. The molecule has 10 rings (SSSR count). The van der Waals surface area contributed by atoms with E-state index in [0.29, 0.717) is 38.8 Å². The molecule has 3 heterocycles. The number of carbonyl (C=O) groups excluding carboxylic acids is 5. The van der Waals surface area contributed by atoms with Gasteiger partial charge in [0.1, 0.15) is 22.3 Å². The van der Waals surface area contributed by atoms with Crippen LogP contribution in [-0.2, 0) is 32.7 Å². The molecule has 3 aliphatic heterocycles. The molecule has 14 nitrogen and oxygen atoms in total. The van der Waals surface area contributed by atoms with E-state index in [2.05, 4.69) is 146 Å². The van der Waals surface area contributed by atoms with Crippen LogP contribution in [0.3, 0.4) is 0 Å². The van der Waals surface area contributed by atoms with Crippen molar-refractivity contribution in [3.05, 3.63) is 175 Å². The number of amides is 4. The van der Waals surface area contributed by atoms with Crippen molar-refractivity contribution in [3.63, 3.8) is 0 Å². The first-order valence-electron chi connectivity index (χ1n) is 33.0. The Morgan fingerprint density at radius 1 is 0.602 bits per heavy atom. The molecule has 498 valence electrons.